The molecule has 0 radical (unpaired) electrons. The monoisotopic (exact) mass is 302 g/mol. The second-order valence-electron chi connectivity index (χ2n) is 5.71. The van der Waals surface area contributed by atoms with Crippen molar-refractivity contribution in [2.75, 3.05) is 6.61 Å². The van der Waals surface area contributed by atoms with Crippen LogP contribution in [-0.2, 0) is 22.6 Å². The van der Waals surface area contributed by atoms with E-state index in [4.69, 9.17) is 10.5 Å². The molecule has 0 aliphatic heterocycles. The first kappa shape index (κ1) is 16.7. The number of hydrogen-bond acceptors (Lipinski definition) is 3. The van der Waals surface area contributed by atoms with Crippen LogP contribution in [0, 0.1) is 0 Å². The fourth-order valence-electron chi connectivity index (χ4n) is 2.50. The van der Waals surface area contributed by atoms with E-state index in [1.54, 1.807) is 0 Å². The lowest BCUT2D eigenvalue weighted by Gasteiger charge is -2.16. The van der Waals surface area contributed by atoms with Crippen LogP contribution in [0.25, 0.3) is 0 Å². The molecule has 1 aromatic rings. The van der Waals surface area contributed by atoms with Crippen LogP contribution in [0.2, 0.25) is 0 Å². The molecule has 120 valence electrons. The Hall–Kier alpha value is -1.65. The molecule has 1 unspecified atom stereocenters. The Kier molecular flexibility index (Phi) is 7.13. The topological polar surface area (TPSA) is 64.3 Å². The van der Waals surface area contributed by atoms with E-state index in [1.165, 1.54) is 19.3 Å². The van der Waals surface area contributed by atoms with Crippen molar-refractivity contribution in [2.45, 2.75) is 51.3 Å². The van der Waals surface area contributed by atoms with Crippen LogP contribution in [-0.4, -0.2) is 18.6 Å². The number of nitrogens with one attached hydrogen (secondary N) is 1. The van der Waals surface area contributed by atoms with Gasteiger partial charge in [0.15, 0.2) is 0 Å². The Morgan fingerprint density at radius 3 is 2.73 bits per heavy atom. The number of carbonyl (C=O) groups is 1. The van der Waals surface area contributed by atoms with E-state index < -0.39 is 0 Å². The highest BCUT2D eigenvalue weighted by atomic mass is 16.5. The molecular formula is C18H26N2O2. The summed E-state index contributed by atoms with van der Waals surface area (Å²) in [5.74, 6) is -0.0710. The van der Waals surface area contributed by atoms with Gasteiger partial charge in [0.05, 0.1) is 6.10 Å². The van der Waals surface area contributed by atoms with Crippen molar-refractivity contribution < 1.29 is 9.53 Å². The first-order valence-electron chi connectivity index (χ1n) is 8.11. The number of ether oxygens (including phenoxy) is 1. The van der Waals surface area contributed by atoms with Crippen LogP contribution in [0.5, 0.6) is 0 Å². The van der Waals surface area contributed by atoms with Gasteiger partial charge in [0.1, 0.15) is 6.61 Å². The predicted molar refractivity (Wildman–Crippen MR) is 88.1 cm³/mol. The number of allylic oxidation sites excluding steroid dienone is 1. The van der Waals surface area contributed by atoms with Gasteiger partial charge in [-0.1, -0.05) is 49.3 Å². The third kappa shape index (κ3) is 6.00. The third-order valence-corrected chi connectivity index (χ3v) is 3.89. The van der Waals surface area contributed by atoms with Gasteiger partial charge >= 0.3 is 0 Å². The van der Waals surface area contributed by atoms with Crippen LogP contribution in [0.15, 0.2) is 36.4 Å². The van der Waals surface area contributed by atoms with E-state index in [2.05, 4.69) is 17.5 Å². The first-order chi connectivity index (χ1) is 10.8. The number of nitrogens with two attached hydrogens (primary N) is 1. The molecule has 0 aromatic heterocycles. The average Bonchev–Trinajstić information content (AvgIpc) is 2.52. The lowest BCUT2D eigenvalue weighted by atomic mass is 10.0. The van der Waals surface area contributed by atoms with Gasteiger partial charge in [0.25, 0.3) is 0 Å². The number of benzene rings is 1. The van der Waals surface area contributed by atoms with Crippen LogP contribution in [0.1, 0.15) is 43.2 Å². The highest BCUT2D eigenvalue weighted by Gasteiger charge is 2.10. The Morgan fingerprint density at radius 1 is 1.18 bits per heavy atom. The summed E-state index contributed by atoms with van der Waals surface area (Å²) in [7, 11) is 0. The lowest BCUT2D eigenvalue weighted by molar-refractivity contribution is -0.127. The maximum Gasteiger partial charge on any atom is 0.246 e. The molecule has 0 fully saturated rings. The minimum absolute atomic E-state index is 0.0710. The molecule has 0 spiro atoms. The summed E-state index contributed by atoms with van der Waals surface area (Å²) >= 11 is 0. The van der Waals surface area contributed by atoms with Gasteiger partial charge < -0.3 is 15.8 Å². The van der Waals surface area contributed by atoms with E-state index in [0.29, 0.717) is 13.1 Å². The minimum Gasteiger partial charge on any atom is -0.364 e. The largest absolute Gasteiger partial charge is 0.364 e. The Labute approximate surface area is 132 Å². The molecule has 0 bridgehead atoms. The molecule has 1 aliphatic carbocycles. The maximum absolute atomic E-state index is 11.9. The molecule has 4 heteroatoms. The van der Waals surface area contributed by atoms with Gasteiger partial charge in [-0.15, -0.1) is 0 Å². The number of rotatable bonds is 6. The van der Waals surface area contributed by atoms with Crippen molar-refractivity contribution in [2.24, 2.45) is 5.73 Å². The smallest absolute Gasteiger partial charge is 0.246 e. The maximum atomic E-state index is 11.9. The van der Waals surface area contributed by atoms with Gasteiger partial charge in [-0.05, 0) is 30.4 Å². The lowest BCUT2D eigenvalue weighted by Crippen LogP contribution is -2.29. The standard InChI is InChI=1S/C18H26N2O2/c19-12-15-8-10-16(11-9-15)13-20-18(21)14-22-17-6-4-2-1-3-5-7-17/h4,6,8-11,17H,1-3,5,7,12-14,19H2,(H,20,21). The molecule has 3 N–H and O–H groups in total. The third-order valence-electron chi connectivity index (χ3n) is 3.89. The van der Waals surface area contributed by atoms with Crippen LogP contribution in [0.3, 0.4) is 0 Å². The van der Waals surface area contributed by atoms with E-state index in [9.17, 15) is 4.79 Å². The van der Waals surface area contributed by atoms with Gasteiger partial charge in [0.2, 0.25) is 5.91 Å². The van der Waals surface area contributed by atoms with Gasteiger partial charge in [0, 0.05) is 13.1 Å². The van der Waals surface area contributed by atoms with Gasteiger partial charge in [-0.2, -0.15) is 0 Å². The summed E-state index contributed by atoms with van der Waals surface area (Å²) in [6, 6.07) is 7.94. The summed E-state index contributed by atoms with van der Waals surface area (Å²) in [6.45, 7) is 1.18. The zero-order valence-electron chi connectivity index (χ0n) is 13.1. The Balaban J connectivity index is 1.69. The first-order valence-corrected chi connectivity index (χ1v) is 8.11. The normalized spacial score (nSPS) is 18.5. The molecule has 0 heterocycles. The molecule has 0 saturated heterocycles. The Morgan fingerprint density at radius 2 is 1.95 bits per heavy atom. The van der Waals surface area contributed by atoms with E-state index in [-0.39, 0.29) is 18.6 Å². The van der Waals surface area contributed by atoms with Gasteiger partial charge in [-0.3, -0.25) is 4.79 Å². The average molecular weight is 302 g/mol. The zero-order valence-corrected chi connectivity index (χ0v) is 13.1. The van der Waals surface area contributed by atoms with E-state index in [0.717, 1.165) is 24.0 Å². The number of carbonyl (C=O) groups excluding carboxylic acids is 1. The molecular weight excluding hydrogens is 276 g/mol. The van der Waals surface area contributed by atoms with Crippen molar-refractivity contribution in [1.29, 1.82) is 0 Å². The highest BCUT2D eigenvalue weighted by molar-refractivity contribution is 5.77. The van der Waals surface area contributed by atoms with Gasteiger partial charge in [-0.25, -0.2) is 0 Å². The molecule has 1 atom stereocenters. The minimum atomic E-state index is -0.0710. The van der Waals surface area contributed by atoms with Crippen LogP contribution >= 0.6 is 0 Å². The summed E-state index contributed by atoms with van der Waals surface area (Å²) in [5.41, 5.74) is 7.72. The molecule has 2 rings (SSSR count). The zero-order chi connectivity index (χ0) is 15.6. The molecule has 0 saturated carbocycles. The number of hydrogen-bond donors (Lipinski definition) is 2. The number of amides is 1. The van der Waals surface area contributed by atoms with Crippen molar-refractivity contribution in [3.05, 3.63) is 47.5 Å². The predicted octanol–water partition coefficient (Wildman–Crippen LogP) is 2.67. The quantitative estimate of drug-likeness (QED) is 0.794. The fraction of sp³-hybridized carbons (Fsp3) is 0.500. The van der Waals surface area contributed by atoms with Crippen molar-refractivity contribution in [3.8, 4) is 0 Å². The van der Waals surface area contributed by atoms with Crippen LogP contribution in [0.4, 0.5) is 0 Å². The SMILES string of the molecule is NCc1ccc(CNC(=O)COC2C=CCCCCC2)cc1. The Bertz CT molecular complexity index is 482. The molecule has 4 nitrogen and oxygen atoms in total. The molecule has 22 heavy (non-hydrogen) atoms. The summed E-state index contributed by atoms with van der Waals surface area (Å²) in [6.07, 6.45) is 10.1. The highest BCUT2D eigenvalue weighted by Crippen LogP contribution is 2.14. The van der Waals surface area contributed by atoms with Crippen LogP contribution < -0.4 is 11.1 Å². The second-order valence-corrected chi connectivity index (χ2v) is 5.71. The van der Waals surface area contributed by atoms with Crippen molar-refractivity contribution in [1.82, 2.24) is 5.32 Å². The molecule has 1 aliphatic rings. The second kappa shape index (κ2) is 9.38. The molecule has 1 aromatic carbocycles. The van der Waals surface area contributed by atoms with Crippen molar-refractivity contribution in [3.63, 3.8) is 0 Å². The van der Waals surface area contributed by atoms with E-state index in [1.807, 2.05) is 24.3 Å². The van der Waals surface area contributed by atoms with Crippen molar-refractivity contribution >= 4 is 5.91 Å². The summed E-state index contributed by atoms with van der Waals surface area (Å²) in [4.78, 5) is 11.9. The summed E-state index contributed by atoms with van der Waals surface area (Å²) < 4.78 is 5.69. The molecule has 1 amide bonds. The summed E-state index contributed by atoms with van der Waals surface area (Å²) in [5, 5.41) is 2.88. The fourth-order valence-corrected chi connectivity index (χ4v) is 2.50. The van der Waals surface area contributed by atoms with E-state index >= 15 is 0 Å².